The van der Waals surface area contributed by atoms with Crippen LogP contribution in [0.3, 0.4) is 0 Å². The Morgan fingerprint density at radius 2 is 2.17 bits per heavy atom. The zero-order valence-electron chi connectivity index (χ0n) is 14.3. The van der Waals surface area contributed by atoms with Gasteiger partial charge >= 0.3 is 0 Å². The number of benzene rings is 1. The summed E-state index contributed by atoms with van der Waals surface area (Å²) in [5.41, 5.74) is 0.0682. The highest BCUT2D eigenvalue weighted by molar-refractivity contribution is 5.78. The molecule has 0 aliphatic carbocycles. The molecular weight excluding hydrogens is 309 g/mol. The summed E-state index contributed by atoms with van der Waals surface area (Å²) in [7, 11) is 1.77. The predicted octanol–water partition coefficient (Wildman–Crippen LogP) is 2.15. The first kappa shape index (κ1) is 18.1. The van der Waals surface area contributed by atoms with Crippen LogP contribution in [0.25, 0.3) is 0 Å². The number of amides is 1. The summed E-state index contributed by atoms with van der Waals surface area (Å²) in [6.07, 6.45) is 4.34. The van der Waals surface area contributed by atoms with Crippen molar-refractivity contribution in [3.8, 4) is 0 Å². The summed E-state index contributed by atoms with van der Waals surface area (Å²) in [5, 5.41) is 17.2. The molecule has 0 fully saturated rings. The fraction of sp³-hybridized carbons (Fsp3) is 0.444. The normalized spacial score (nSPS) is 14.9. The number of halogens is 1. The van der Waals surface area contributed by atoms with Crippen molar-refractivity contribution in [2.75, 3.05) is 6.54 Å². The Bertz CT molecular complexity index is 697. The lowest BCUT2D eigenvalue weighted by Gasteiger charge is -2.23. The first-order chi connectivity index (χ1) is 11.3. The molecule has 0 spiro atoms. The van der Waals surface area contributed by atoms with E-state index in [0.29, 0.717) is 24.0 Å². The predicted molar refractivity (Wildman–Crippen MR) is 89.7 cm³/mol. The van der Waals surface area contributed by atoms with Crippen molar-refractivity contribution in [1.82, 2.24) is 15.1 Å². The molecule has 2 N–H and O–H groups in total. The second-order valence-corrected chi connectivity index (χ2v) is 6.43. The highest BCUT2D eigenvalue weighted by Crippen LogP contribution is 2.19. The Hall–Kier alpha value is -2.21. The Labute approximate surface area is 141 Å². The Morgan fingerprint density at radius 3 is 2.79 bits per heavy atom. The molecule has 2 atom stereocenters. The van der Waals surface area contributed by atoms with Gasteiger partial charge in [-0.2, -0.15) is 5.10 Å². The minimum absolute atomic E-state index is 0.0988. The van der Waals surface area contributed by atoms with Crippen molar-refractivity contribution in [1.29, 1.82) is 0 Å². The van der Waals surface area contributed by atoms with Gasteiger partial charge in [0.1, 0.15) is 11.4 Å². The van der Waals surface area contributed by atoms with E-state index in [1.54, 1.807) is 56.2 Å². The highest BCUT2D eigenvalue weighted by Gasteiger charge is 2.26. The number of aromatic nitrogens is 2. The number of aliphatic hydroxyl groups is 1. The highest BCUT2D eigenvalue weighted by atomic mass is 19.1. The average molecular weight is 333 g/mol. The molecule has 0 saturated carbocycles. The van der Waals surface area contributed by atoms with Crippen molar-refractivity contribution < 1.29 is 14.3 Å². The van der Waals surface area contributed by atoms with Gasteiger partial charge in [-0.25, -0.2) is 4.39 Å². The van der Waals surface area contributed by atoms with Crippen LogP contribution < -0.4 is 5.32 Å². The summed E-state index contributed by atoms with van der Waals surface area (Å²) in [4.78, 5) is 12.2. The number of aryl methyl sites for hydroxylation is 2. The molecule has 1 aromatic carbocycles. The van der Waals surface area contributed by atoms with Gasteiger partial charge in [-0.1, -0.05) is 25.1 Å². The van der Waals surface area contributed by atoms with Crippen molar-refractivity contribution >= 4 is 5.91 Å². The molecule has 0 aliphatic rings. The molecule has 0 aliphatic heterocycles. The number of hydrogen-bond acceptors (Lipinski definition) is 3. The minimum atomic E-state index is -1.19. The number of carbonyl (C=O) groups excluding carboxylic acids is 1. The van der Waals surface area contributed by atoms with Gasteiger partial charge in [-0.15, -0.1) is 0 Å². The van der Waals surface area contributed by atoms with E-state index in [-0.39, 0.29) is 24.2 Å². The van der Waals surface area contributed by atoms with Crippen LogP contribution in [0.5, 0.6) is 0 Å². The molecule has 2 unspecified atom stereocenters. The van der Waals surface area contributed by atoms with Crippen LogP contribution in [0.1, 0.15) is 31.4 Å². The smallest absolute Gasteiger partial charge is 0.222 e. The third kappa shape index (κ3) is 4.64. The lowest BCUT2D eigenvalue weighted by Crippen LogP contribution is -2.40. The Balaban J connectivity index is 1.84. The lowest BCUT2D eigenvalue weighted by atomic mass is 9.97. The first-order valence-electron chi connectivity index (χ1n) is 8.02. The molecule has 2 aromatic rings. The second kappa shape index (κ2) is 7.57. The van der Waals surface area contributed by atoms with Crippen molar-refractivity contribution in [3.63, 3.8) is 0 Å². The van der Waals surface area contributed by atoms with E-state index in [1.165, 1.54) is 6.07 Å². The fourth-order valence-corrected chi connectivity index (χ4v) is 2.44. The van der Waals surface area contributed by atoms with Crippen molar-refractivity contribution in [2.24, 2.45) is 13.0 Å². The van der Waals surface area contributed by atoms with Gasteiger partial charge in [0.25, 0.3) is 0 Å². The summed E-state index contributed by atoms with van der Waals surface area (Å²) in [6.45, 7) is 3.53. The molecule has 0 saturated heterocycles. The molecule has 0 radical (unpaired) electrons. The van der Waals surface area contributed by atoms with Gasteiger partial charge < -0.3 is 10.4 Å². The van der Waals surface area contributed by atoms with E-state index in [0.717, 1.165) is 0 Å². The fourth-order valence-electron chi connectivity index (χ4n) is 2.44. The number of hydrogen-bond donors (Lipinski definition) is 2. The largest absolute Gasteiger partial charge is 0.383 e. The summed E-state index contributed by atoms with van der Waals surface area (Å²) in [5.74, 6) is -0.672. The van der Waals surface area contributed by atoms with Gasteiger partial charge in [0, 0.05) is 24.7 Å². The molecular formula is C18H24FN3O2. The van der Waals surface area contributed by atoms with Crippen LogP contribution in [-0.4, -0.2) is 27.3 Å². The van der Waals surface area contributed by atoms with Crippen LogP contribution in [0, 0.1) is 11.7 Å². The molecule has 1 amide bonds. The molecule has 6 heteroatoms. The van der Waals surface area contributed by atoms with E-state index in [9.17, 15) is 14.3 Å². The van der Waals surface area contributed by atoms with Crippen LogP contribution >= 0.6 is 0 Å². The van der Waals surface area contributed by atoms with E-state index < -0.39 is 5.60 Å². The standard InChI is InChI=1S/C18H24FN3O2/c1-13(8-9-14-6-4-5-7-16(14)19)17(23)20-12-18(2,24)15-10-21-22(3)11-15/h4-7,10-11,13,24H,8-9,12H2,1-3H3,(H,20,23). The third-order valence-electron chi connectivity index (χ3n) is 4.19. The Morgan fingerprint density at radius 1 is 1.46 bits per heavy atom. The van der Waals surface area contributed by atoms with Gasteiger partial charge in [0.2, 0.25) is 5.91 Å². The van der Waals surface area contributed by atoms with Gasteiger partial charge in [0.15, 0.2) is 0 Å². The summed E-state index contributed by atoms with van der Waals surface area (Å²) >= 11 is 0. The molecule has 1 aromatic heterocycles. The van der Waals surface area contributed by atoms with Crippen LogP contribution in [0.2, 0.25) is 0 Å². The van der Waals surface area contributed by atoms with Crippen LogP contribution in [0.4, 0.5) is 4.39 Å². The summed E-state index contributed by atoms with van der Waals surface area (Å²) in [6, 6.07) is 6.59. The molecule has 130 valence electrons. The van der Waals surface area contributed by atoms with Crippen LogP contribution in [-0.2, 0) is 23.9 Å². The Kier molecular flexibility index (Phi) is 5.72. The van der Waals surface area contributed by atoms with Crippen LogP contribution in [0.15, 0.2) is 36.7 Å². The number of nitrogens with one attached hydrogen (secondary N) is 1. The topological polar surface area (TPSA) is 67.2 Å². The monoisotopic (exact) mass is 333 g/mol. The first-order valence-corrected chi connectivity index (χ1v) is 8.02. The van der Waals surface area contributed by atoms with E-state index in [4.69, 9.17) is 0 Å². The van der Waals surface area contributed by atoms with E-state index in [2.05, 4.69) is 10.4 Å². The third-order valence-corrected chi connectivity index (χ3v) is 4.19. The number of carbonyl (C=O) groups is 1. The molecule has 5 nitrogen and oxygen atoms in total. The van der Waals surface area contributed by atoms with E-state index >= 15 is 0 Å². The molecule has 0 bridgehead atoms. The van der Waals surface area contributed by atoms with Gasteiger partial charge in [-0.05, 0) is 31.4 Å². The maximum absolute atomic E-state index is 13.6. The average Bonchev–Trinajstić information content (AvgIpc) is 2.99. The minimum Gasteiger partial charge on any atom is -0.383 e. The van der Waals surface area contributed by atoms with Crippen molar-refractivity contribution in [3.05, 3.63) is 53.6 Å². The maximum Gasteiger partial charge on any atom is 0.222 e. The van der Waals surface area contributed by atoms with E-state index in [1.807, 2.05) is 0 Å². The zero-order valence-corrected chi connectivity index (χ0v) is 14.3. The number of nitrogens with zero attached hydrogens (tertiary/aromatic N) is 2. The molecule has 2 rings (SSSR count). The number of rotatable bonds is 7. The van der Waals surface area contributed by atoms with Gasteiger partial charge in [-0.3, -0.25) is 9.48 Å². The quantitative estimate of drug-likeness (QED) is 0.816. The maximum atomic E-state index is 13.6. The molecule has 24 heavy (non-hydrogen) atoms. The second-order valence-electron chi connectivity index (χ2n) is 6.43. The molecule has 1 heterocycles. The zero-order chi connectivity index (χ0) is 17.7. The van der Waals surface area contributed by atoms with Gasteiger partial charge in [0.05, 0.1) is 12.7 Å². The SMILES string of the molecule is CC(CCc1ccccc1F)C(=O)NCC(C)(O)c1cnn(C)c1. The lowest BCUT2D eigenvalue weighted by molar-refractivity contribution is -0.125. The summed E-state index contributed by atoms with van der Waals surface area (Å²) < 4.78 is 15.2. The van der Waals surface area contributed by atoms with Crippen molar-refractivity contribution in [2.45, 2.75) is 32.3 Å².